The van der Waals surface area contributed by atoms with Crippen molar-refractivity contribution in [2.24, 2.45) is 0 Å². The van der Waals surface area contributed by atoms with Crippen molar-refractivity contribution in [3.05, 3.63) is 17.5 Å². The van der Waals surface area contributed by atoms with Crippen LogP contribution in [-0.4, -0.2) is 49.1 Å². The van der Waals surface area contributed by atoms with Crippen LogP contribution in [0.3, 0.4) is 0 Å². The van der Waals surface area contributed by atoms with Gasteiger partial charge in [0.05, 0.1) is 12.4 Å². The molecule has 0 radical (unpaired) electrons. The van der Waals surface area contributed by atoms with Crippen molar-refractivity contribution in [3.8, 4) is 0 Å². The molecule has 1 N–H and O–H groups in total. The summed E-state index contributed by atoms with van der Waals surface area (Å²) >= 11 is 0. The van der Waals surface area contributed by atoms with Gasteiger partial charge in [-0.05, 0) is 6.92 Å². The number of aliphatic hydroxyl groups is 1. The molecule has 17 heavy (non-hydrogen) atoms. The second-order valence-electron chi connectivity index (χ2n) is 3.99. The van der Waals surface area contributed by atoms with Crippen LogP contribution in [0, 0.1) is 6.92 Å². The molecular weight excluding hydrogens is 242 g/mol. The van der Waals surface area contributed by atoms with Crippen LogP contribution < -0.4 is 4.90 Å². The molecule has 0 bridgehead atoms. The Labute approximate surface area is 101 Å². The summed E-state index contributed by atoms with van der Waals surface area (Å²) in [6, 6.07) is 0. The lowest BCUT2D eigenvalue weighted by atomic mass is 10.2. The van der Waals surface area contributed by atoms with E-state index in [0.29, 0.717) is 23.8 Å². The van der Waals surface area contributed by atoms with E-state index in [1.165, 1.54) is 6.26 Å². The minimum Gasteiger partial charge on any atom is -0.392 e. The number of aliphatic hydroxyl groups excluding tert-OH is 1. The number of hydrogen-bond donors (Lipinski definition) is 1. The van der Waals surface area contributed by atoms with Crippen molar-refractivity contribution in [2.75, 3.05) is 30.5 Å². The van der Waals surface area contributed by atoms with Crippen LogP contribution >= 0.6 is 0 Å². The highest BCUT2D eigenvalue weighted by Crippen LogP contribution is 2.09. The highest BCUT2D eigenvalue weighted by molar-refractivity contribution is 7.90. The van der Waals surface area contributed by atoms with E-state index in [0.717, 1.165) is 0 Å². The summed E-state index contributed by atoms with van der Waals surface area (Å²) < 4.78 is 22.1. The molecule has 0 saturated carbocycles. The maximum Gasteiger partial charge on any atom is 0.225 e. The Hall–Kier alpha value is -1.21. The first kappa shape index (κ1) is 13.9. The van der Waals surface area contributed by atoms with E-state index in [2.05, 4.69) is 9.97 Å². The van der Waals surface area contributed by atoms with Gasteiger partial charge in [-0.1, -0.05) is 0 Å². The molecule has 96 valence electrons. The van der Waals surface area contributed by atoms with Crippen LogP contribution in [0.1, 0.15) is 11.3 Å². The van der Waals surface area contributed by atoms with Gasteiger partial charge < -0.3 is 10.0 Å². The van der Waals surface area contributed by atoms with E-state index in [-0.39, 0.29) is 12.4 Å². The third-order valence-corrected chi connectivity index (χ3v) is 3.30. The van der Waals surface area contributed by atoms with Crippen LogP contribution in [-0.2, 0) is 16.4 Å². The molecule has 1 aromatic rings. The Morgan fingerprint density at radius 1 is 1.47 bits per heavy atom. The molecule has 0 aromatic carbocycles. The van der Waals surface area contributed by atoms with Crippen molar-refractivity contribution in [1.82, 2.24) is 9.97 Å². The van der Waals surface area contributed by atoms with E-state index < -0.39 is 9.84 Å². The van der Waals surface area contributed by atoms with Crippen LogP contribution in [0.25, 0.3) is 0 Å². The van der Waals surface area contributed by atoms with Gasteiger partial charge in [-0.2, -0.15) is 0 Å². The SMILES string of the molecule is Cc1nc(N(C)CCS(C)(=O)=O)ncc1CO. The second kappa shape index (κ2) is 5.42. The van der Waals surface area contributed by atoms with Gasteiger partial charge >= 0.3 is 0 Å². The first-order valence-corrected chi connectivity index (χ1v) is 7.22. The Morgan fingerprint density at radius 3 is 2.59 bits per heavy atom. The van der Waals surface area contributed by atoms with E-state index in [1.54, 1.807) is 25.1 Å². The molecule has 1 rings (SSSR count). The highest BCUT2D eigenvalue weighted by atomic mass is 32.2. The summed E-state index contributed by atoms with van der Waals surface area (Å²) in [7, 11) is -1.25. The maximum atomic E-state index is 11.0. The monoisotopic (exact) mass is 259 g/mol. The summed E-state index contributed by atoms with van der Waals surface area (Å²) in [5.41, 5.74) is 1.37. The normalized spacial score (nSPS) is 11.5. The van der Waals surface area contributed by atoms with Gasteiger partial charge in [-0.3, -0.25) is 0 Å². The molecule has 1 heterocycles. The Balaban J connectivity index is 2.76. The molecule has 0 aliphatic rings. The number of anilines is 1. The smallest absolute Gasteiger partial charge is 0.225 e. The minimum atomic E-state index is -2.99. The zero-order valence-corrected chi connectivity index (χ0v) is 11.0. The zero-order valence-electron chi connectivity index (χ0n) is 10.2. The number of hydrogen-bond acceptors (Lipinski definition) is 6. The van der Waals surface area contributed by atoms with E-state index >= 15 is 0 Å². The van der Waals surface area contributed by atoms with Crippen molar-refractivity contribution in [3.63, 3.8) is 0 Å². The lowest BCUT2D eigenvalue weighted by molar-refractivity contribution is 0.280. The molecule has 7 heteroatoms. The predicted molar refractivity (Wildman–Crippen MR) is 65.7 cm³/mol. The van der Waals surface area contributed by atoms with Gasteiger partial charge in [-0.15, -0.1) is 0 Å². The lowest BCUT2D eigenvalue weighted by Gasteiger charge is -2.17. The first-order valence-electron chi connectivity index (χ1n) is 5.15. The number of rotatable bonds is 5. The van der Waals surface area contributed by atoms with Crippen molar-refractivity contribution in [1.29, 1.82) is 0 Å². The average Bonchev–Trinajstić information content (AvgIpc) is 2.24. The number of nitrogens with zero attached hydrogens (tertiary/aromatic N) is 3. The standard InChI is InChI=1S/C10H17N3O3S/c1-8-9(7-14)6-11-10(12-8)13(2)4-5-17(3,15)16/h6,14H,4-5,7H2,1-3H3. The van der Waals surface area contributed by atoms with Crippen LogP contribution in [0.4, 0.5) is 5.95 Å². The van der Waals surface area contributed by atoms with Gasteiger partial charge in [0, 0.05) is 37.3 Å². The quantitative estimate of drug-likeness (QED) is 0.785. The summed E-state index contributed by atoms with van der Waals surface area (Å²) in [5.74, 6) is 0.525. The molecule has 0 spiro atoms. The van der Waals surface area contributed by atoms with Gasteiger partial charge in [0.15, 0.2) is 0 Å². The van der Waals surface area contributed by atoms with Gasteiger partial charge in [0.1, 0.15) is 9.84 Å². The molecule has 0 aliphatic heterocycles. The summed E-state index contributed by atoms with van der Waals surface area (Å²) in [6.45, 7) is 2.02. The fourth-order valence-electron chi connectivity index (χ4n) is 1.22. The summed E-state index contributed by atoms with van der Waals surface area (Å²) in [4.78, 5) is 9.95. The topological polar surface area (TPSA) is 83.4 Å². The molecule has 0 saturated heterocycles. The molecular formula is C10H17N3O3S. The molecule has 0 unspecified atom stereocenters. The maximum absolute atomic E-state index is 11.0. The molecule has 0 amide bonds. The third kappa shape index (κ3) is 4.27. The molecule has 0 atom stereocenters. The highest BCUT2D eigenvalue weighted by Gasteiger charge is 2.10. The fraction of sp³-hybridized carbons (Fsp3) is 0.600. The molecule has 1 aromatic heterocycles. The van der Waals surface area contributed by atoms with Crippen LogP contribution in [0.5, 0.6) is 0 Å². The Morgan fingerprint density at radius 2 is 2.12 bits per heavy atom. The average molecular weight is 259 g/mol. The summed E-state index contributed by atoms with van der Waals surface area (Å²) in [5, 5.41) is 8.99. The van der Waals surface area contributed by atoms with Gasteiger partial charge in [0.25, 0.3) is 0 Å². The van der Waals surface area contributed by atoms with Gasteiger partial charge in [0.2, 0.25) is 5.95 Å². The Bertz CT molecular complexity index is 488. The second-order valence-corrected chi connectivity index (χ2v) is 6.25. The third-order valence-electron chi connectivity index (χ3n) is 2.38. The summed E-state index contributed by atoms with van der Waals surface area (Å²) in [6.07, 6.45) is 2.75. The van der Waals surface area contributed by atoms with E-state index in [4.69, 9.17) is 5.11 Å². The van der Waals surface area contributed by atoms with Crippen molar-refractivity contribution < 1.29 is 13.5 Å². The number of aromatic nitrogens is 2. The Kier molecular flexibility index (Phi) is 4.41. The van der Waals surface area contributed by atoms with Crippen molar-refractivity contribution in [2.45, 2.75) is 13.5 Å². The molecule has 0 fully saturated rings. The van der Waals surface area contributed by atoms with Crippen molar-refractivity contribution >= 4 is 15.8 Å². The predicted octanol–water partition coefficient (Wildman–Crippen LogP) is -0.242. The molecule has 0 aliphatic carbocycles. The van der Waals surface area contributed by atoms with Gasteiger partial charge in [-0.25, -0.2) is 18.4 Å². The largest absolute Gasteiger partial charge is 0.392 e. The number of aryl methyl sites for hydroxylation is 1. The zero-order chi connectivity index (χ0) is 13.1. The lowest BCUT2D eigenvalue weighted by Crippen LogP contribution is -2.26. The first-order chi connectivity index (χ1) is 7.83. The minimum absolute atomic E-state index is 0.0632. The van der Waals surface area contributed by atoms with E-state index in [9.17, 15) is 8.42 Å². The molecule has 6 nitrogen and oxygen atoms in total. The fourth-order valence-corrected chi connectivity index (χ4v) is 1.83. The van der Waals surface area contributed by atoms with Crippen LogP contribution in [0.2, 0.25) is 0 Å². The number of sulfone groups is 1. The van der Waals surface area contributed by atoms with Crippen LogP contribution in [0.15, 0.2) is 6.20 Å². The van der Waals surface area contributed by atoms with E-state index in [1.807, 2.05) is 0 Å².